The van der Waals surface area contributed by atoms with E-state index in [1.54, 1.807) is 22.9 Å². The number of hydrogen-bond acceptors (Lipinski definition) is 7. The van der Waals surface area contributed by atoms with Crippen molar-refractivity contribution in [1.29, 1.82) is 0 Å². The lowest BCUT2D eigenvalue weighted by atomic mass is 9.91. The van der Waals surface area contributed by atoms with Gasteiger partial charge in [0.25, 0.3) is 0 Å². The van der Waals surface area contributed by atoms with Crippen LogP contribution in [0.3, 0.4) is 0 Å². The summed E-state index contributed by atoms with van der Waals surface area (Å²) < 4.78 is 0. The van der Waals surface area contributed by atoms with E-state index in [1.165, 1.54) is 12.8 Å². The third kappa shape index (κ3) is 3.24. The van der Waals surface area contributed by atoms with Gasteiger partial charge < -0.3 is 15.5 Å². The first kappa shape index (κ1) is 19.6. The fourth-order valence-electron chi connectivity index (χ4n) is 4.79. The van der Waals surface area contributed by atoms with Gasteiger partial charge in [0.1, 0.15) is 5.69 Å². The normalized spacial score (nSPS) is 19.0. The Morgan fingerprint density at radius 2 is 1.94 bits per heavy atom. The first-order valence-electron chi connectivity index (χ1n) is 10.8. The van der Waals surface area contributed by atoms with Gasteiger partial charge in [-0.2, -0.15) is 9.77 Å². The van der Waals surface area contributed by atoms with Crippen LogP contribution in [0.25, 0.3) is 10.9 Å². The Balaban J connectivity index is 1.58. The maximum Gasteiger partial charge on any atom is 0.245 e. The van der Waals surface area contributed by atoms with Gasteiger partial charge in [0.15, 0.2) is 11.6 Å². The van der Waals surface area contributed by atoms with Crippen LogP contribution < -0.4 is 21.0 Å². The Hall–Kier alpha value is -3.36. The molecule has 0 spiro atoms. The predicted octanol–water partition coefficient (Wildman–Crippen LogP) is 3.04. The number of nitrogens with one attached hydrogen (secondary N) is 1. The molecule has 0 atom stereocenters. The Labute approximate surface area is 181 Å². The maximum absolute atomic E-state index is 13.1. The van der Waals surface area contributed by atoms with Crippen LogP contribution in [0.1, 0.15) is 39.5 Å². The van der Waals surface area contributed by atoms with E-state index in [0.717, 1.165) is 35.2 Å². The molecule has 1 amide bonds. The van der Waals surface area contributed by atoms with Gasteiger partial charge in [-0.3, -0.25) is 4.79 Å². The molecule has 1 aromatic carbocycles. The number of rotatable bonds is 3. The largest absolute Gasteiger partial charge is 0.382 e. The zero-order chi connectivity index (χ0) is 21.8. The highest BCUT2D eigenvalue weighted by molar-refractivity contribution is 6.00. The van der Waals surface area contributed by atoms with Gasteiger partial charge in [-0.1, -0.05) is 25.0 Å². The molecule has 9 nitrogen and oxygen atoms in total. The minimum absolute atomic E-state index is 0.0735. The van der Waals surface area contributed by atoms with Gasteiger partial charge in [-0.15, -0.1) is 5.10 Å². The van der Waals surface area contributed by atoms with Crippen LogP contribution >= 0.6 is 0 Å². The standard InChI is InChI=1S/C22H28N8O/c1-22(2)13-29(14-8-4-5-9-14)19-17(28(3)20(22)31)12-24-21(25-19)27-30-16-11-7-6-10-15(16)18(23)26-30/h6-7,10-12,14H,4-5,8-9,13H2,1-3H3,(H2,23,26)(H,24,25,27). The molecule has 0 saturated heterocycles. The fourth-order valence-corrected chi connectivity index (χ4v) is 4.79. The SMILES string of the molecule is CN1C(=O)C(C)(C)CN(C2CCCC2)c2nc(Nn3nc(N)c4ccccc43)ncc21. The third-order valence-electron chi connectivity index (χ3n) is 6.42. The summed E-state index contributed by atoms with van der Waals surface area (Å²) in [4.78, 5) is 28.1. The monoisotopic (exact) mass is 420 g/mol. The van der Waals surface area contributed by atoms with Crippen molar-refractivity contribution in [1.82, 2.24) is 19.9 Å². The summed E-state index contributed by atoms with van der Waals surface area (Å²) in [6.45, 7) is 4.64. The number of benzene rings is 1. The summed E-state index contributed by atoms with van der Waals surface area (Å²) in [5, 5.41) is 5.25. The van der Waals surface area contributed by atoms with E-state index in [0.29, 0.717) is 24.4 Å². The van der Waals surface area contributed by atoms with Crippen molar-refractivity contribution in [3.8, 4) is 0 Å². The molecule has 0 unspecified atom stereocenters. The number of nitrogen functional groups attached to an aromatic ring is 1. The molecule has 3 heterocycles. The lowest BCUT2D eigenvalue weighted by molar-refractivity contribution is -0.125. The second-order valence-electron chi connectivity index (χ2n) is 9.14. The van der Waals surface area contributed by atoms with E-state index < -0.39 is 5.41 Å². The number of aromatic nitrogens is 4. The molecule has 0 radical (unpaired) electrons. The van der Waals surface area contributed by atoms with E-state index >= 15 is 0 Å². The molecule has 31 heavy (non-hydrogen) atoms. The van der Waals surface area contributed by atoms with Crippen LogP contribution in [0, 0.1) is 5.41 Å². The fraction of sp³-hybridized carbons (Fsp3) is 0.455. The molecule has 3 aromatic rings. The minimum Gasteiger partial charge on any atom is -0.382 e. The number of para-hydroxylation sites is 1. The second-order valence-corrected chi connectivity index (χ2v) is 9.14. The topological polar surface area (TPSA) is 105 Å². The predicted molar refractivity (Wildman–Crippen MR) is 122 cm³/mol. The van der Waals surface area contributed by atoms with E-state index in [-0.39, 0.29) is 5.91 Å². The van der Waals surface area contributed by atoms with Crippen molar-refractivity contribution in [3.63, 3.8) is 0 Å². The van der Waals surface area contributed by atoms with Crippen molar-refractivity contribution in [3.05, 3.63) is 30.5 Å². The van der Waals surface area contributed by atoms with Gasteiger partial charge in [0, 0.05) is 25.0 Å². The summed E-state index contributed by atoms with van der Waals surface area (Å²) >= 11 is 0. The van der Waals surface area contributed by atoms with Crippen molar-refractivity contribution in [2.45, 2.75) is 45.6 Å². The Bertz CT molecular complexity index is 1150. The summed E-state index contributed by atoms with van der Waals surface area (Å²) in [7, 11) is 1.80. The summed E-state index contributed by atoms with van der Waals surface area (Å²) in [5.41, 5.74) is 10.3. The maximum atomic E-state index is 13.1. The number of carbonyl (C=O) groups is 1. The number of anilines is 4. The van der Waals surface area contributed by atoms with Crippen LogP contribution in [0.5, 0.6) is 0 Å². The Morgan fingerprint density at radius 1 is 1.19 bits per heavy atom. The zero-order valence-corrected chi connectivity index (χ0v) is 18.2. The smallest absolute Gasteiger partial charge is 0.245 e. The molecule has 1 aliphatic heterocycles. The van der Waals surface area contributed by atoms with Gasteiger partial charge in [-0.25, -0.2) is 10.4 Å². The Kier molecular flexibility index (Phi) is 4.49. The lowest BCUT2D eigenvalue weighted by Crippen LogP contribution is -2.45. The van der Waals surface area contributed by atoms with Crippen LogP contribution in [-0.4, -0.2) is 45.4 Å². The average Bonchev–Trinajstić information content (AvgIpc) is 3.38. The molecule has 1 aliphatic carbocycles. The minimum atomic E-state index is -0.516. The first-order valence-corrected chi connectivity index (χ1v) is 10.8. The highest BCUT2D eigenvalue weighted by Gasteiger charge is 2.41. The van der Waals surface area contributed by atoms with E-state index in [1.807, 2.05) is 38.1 Å². The number of amides is 1. The highest BCUT2D eigenvalue weighted by atomic mass is 16.2. The molecule has 162 valence electrons. The van der Waals surface area contributed by atoms with E-state index in [4.69, 9.17) is 10.7 Å². The first-order chi connectivity index (χ1) is 14.8. The molecular weight excluding hydrogens is 392 g/mol. The van der Waals surface area contributed by atoms with Crippen molar-refractivity contribution >= 4 is 40.1 Å². The van der Waals surface area contributed by atoms with Gasteiger partial charge >= 0.3 is 0 Å². The quantitative estimate of drug-likeness (QED) is 0.671. The van der Waals surface area contributed by atoms with Crippen molar-refractivity contribution < 1.29 is 4.79 Å². The average molecular weight is 421 g/mol. The number of fused-ring (bicyclic) bond motifs is 2. The van der Waals surface area contributed by atoms with Crippen LogP contribution in [0.15, 0.2) is 30.5 Å². The number of carbonyl (C=O) groups excluding carboxylic acids is 1. The van der Waals surface area contributed by atoms with Crippen LogP contribution in [0.4, 0.5) is 23.3 Å². The molecule has 5 rings (SSSR count). The third-order valence-corrected chi connectivity index (χ3v) is 6.42. The summed E-state index contributed by atoms with van der Waals surface area (Å²) in [6.07, 6.45) is 6.35. The number of hydrogen-bond donors (Lipinski definition) is 2. The van der Waals surface area contributed by atoms with Crippen molar-refractivity contribution in [2.24, 2.45) is 5.41 Å². The molecule has 2 aliphatic rings. The number of nitrogens with zero attached hydrogens (tertiary/aromatic N) is 6. The lowest BCUT2D eigenvalue weighted by Gasteiger charge is -2.34. The van der Waals surface area contributed by atoms with E-state index in [2.05, 4.69) is 20.4 Å². The van der Waals surface area contributed by atoms with Crippen LogP contribution in [0.2, 0.25) is 0 Å². The molecule has 0 bridgehead atoms. The molecule has 1 fully saturated rings. The zero-order valence-electron chi connectivity index (χ0n) is 18.2. The van der Waals surface area contributed by atoms with Gasteiger partial charge in [0.2, 0.25) is 11.9 Å². The number of nitrogens with two attached hydrogens (primary N) is 1. The highest BCUT2D eigenvalue weighted by Crippen LogP contribution is 2.40. The van der Waals surface area contributed by atoms with Crippen molar-refractivity contribution in [2.75, 3.05) is 34.6 Å². The van der Waals surface area contributed by atoms with Gasteiger partial charge in [0.05, 0.1) is 17.1 Å². The summed E-state index contributed by atoms with van der Waals surface area (Å²) in [6, 6.07) is 8.11. The van der Waals surface area contributed by atoms with Gasteiger partial charge in [-0.05, 0) is 38.8 Å². The molecule has 9 heteroatoms. The molecule has 3 N–H and O–H groups in total. The summed E-state index contributed by atoms with van der Waals surface area (Å²) in [5.74, 6) is 1.72. The molecular formula is C22H28N8O. The van der Waals surface area contributed by atoms with E-state index in [9.17, 15) is 4.79 Å². The second kappa shape index (κ2) is 7.11. The van der Waals surface area contributed by atoms with Crippen LogP contribution in [-0.2, 0) is 4.79 Å². The molecule has 2 aromatic heterocycles. The molecule has 1 saturated carbocycles. The Morgan fingerprint density at radius 3 is 2.71 bits per heavy atom.